The molecule has 3 rings (SSSR count). The van der Waals surface area contributed by atoms with Gasteiger partial charge in [-0.15, -0.1) is 0 Å². The molecular formula is C16H20N4O3. The van der Waals surface area contributed by atoms with Crippen LogP contribution in [0.2, 0.25) is 0 Å². The normalized spacial score (nSPS) is 21.3. The third-order valence-corrected chi connectivity index (χ3v) is 4.51. The lowest BCUT2D eigenvalue weighted by Crippen LogP contribution is -2.44. The molecule has 2 atom stereocenters. The lowest BCUT2D eigenvalue weighted by molar-refractivity contribution is 0.0908. The maximum Gasteiger partial charge on any atom is 0.314 e. The summed E-state index contributed by atoms with van der Waals surface area (Å²) in [4.78, 5) is 40.1. The first-order valence-electron chi connectivity index (χ1n) is 7.86. The Morgan fingerprint density at radius 3 is 2.57 bits per heavy atom. The highest BCUT2D eigenvalue weighted by atomic mass is 16.2. The number of hydrogen-bond donors (Lipinski definition) is 4. The van der Waals surface area contributed by atoms with Crippen LogP contribution in [0.1, 0.15) is 36.0 Å². The van der Waals surface area contributed by atoms with E-state index < -0.39 is 11.1 Å². The number of H-pyrrole nitrogens is 2. The molecule has 2 unspecified atom stereocenters. The van der Waals surface area contributed by atoms with E-state index >= 15 is 0 Å². The van der Waals surface area contributed by atoms with Gasteiger partial charge < -0.3 is 21.0 Å². The molecule has 0 aliphatic heterocycles. The number of nitrogens with two attached hydrogens (primary N) is 1. The number of hydrogen-bond acceptors (Lipinski definition) is 4. The van der Waals surface area contributed by atoms with Crippen molar-refractivity contribution in [3.8, 4) is 0 Å². The summed E-state index contributed by atoms with van der Waals surface area (Å²) >= 11 is 0. The first-order valence-corrected chi connectivity index (χ1v) is 7.86. The molecule has 1 aromatic heterocycles. The predicted octanol–water partition coefficient (Wildman–Crippen LogP) is 0.464. The molecule has 2 aromatic rings. The molecule has 0 spiro atoms. The molecule has 1 aliphatic carbocycles. The Balaban J connectivity index is 1.84. The van der Waals surface area contributed by atoms with Crippen LogP contribution in [0.5, 0.6) is 0 Å². The second-order valence-electron chi connectivity index (χ2n) is 6.03. The van der Waals surface area contributed by atoms with Crippen LogP contribution in [0.25, 0.3) is 11.0 Å². The quantitative estimate of drug-likeness (QED) is 0.615. The first kappa shape index (κ1) is 15.5. The molecule has 7 nitrogen and oxygen atoms in total. The summed E-state index contributed by atoms with van der Waals surface area (Å²) in [6.45, 7) is 0.567. The van der Waals surface area contributed by atoms with Gasteiger partial charge in [-0.05, 0) is 43.5 Å². The molecule has 1 saturated carbocycles. The largest absolute Gasteiger partial charge is 0.349 e. The fourth-order valence-electron chi connectivity index (χ4n) is 3.19. The average molecular weight is 316 g/mol. The standard InChI is InChI=1S/C16H20N4O3/c17-8-10-3-1-2-4-11(10)18-14(21)9-5-6-12-13(7-9)20-16(23)15(22)19-12/h5-7,10-11H,1-4,8,17H2,(H,18,21)(H,19,22)(H,20,23). The Kier molecular flexibility index (Phi) is 4.29. The van der Waals surface area contributed by atoms with Gasteiger partial charge in [0.05, 0.1) is 11.0 Å². The Hall–Kier alpha value is -2.41. The van der Waals surface area contributed by atoms with Crippen molar-refractivity contribution in [2.24, 2.45) is 11.7 Å². The van der Waals surface area contributed by atoms with Crippen molar-refractivity contribution in [2.45, 2.75) is 31.7 Å². The van der Waals surface area contributed by atoms with Gasteiger partial charge >= 0.3 is 11.1 Å². The van der Waals surface area contributed by atoms with Crippen molar-refractivity contribution < 1.29 is 4.79 Å². The van der Waals surface area contributed by atoms with E-state index in [2.05, 4.69) is 15.3 Å². The highest BCUT2D eigenvalue weighted by Crippen LogP contribution is 2.24. The minimum atomic E-state index is -0.731. The highest BCUT2D eigenvalue weighted by Gasteiger charge is 2.25. The monoisotopic (exact) mass is 316 g/mol. The predicted molar refractivity (Wildman–Crippen MR) is 87.5 cm³/mol. The van der Waals surface area contributed by atoms with E-state index in [1.807, 2.05) is 0 Å². The van der Waals surface area contributed by atoms with Gasteiger partial charge in [0.2, 0.25) is 0 Å². The van der Waals surface area contributed by atoms with Crippen molar-refractivity contribution in [3.05, 3.63) is 44.5 Å². The summed E-state index contributed by atoms with van der Waals surface area (Å²) < 4.78 is 0. The average Bonchev–Trinajstić information content (AvgIpc) is 2.56. The molecule has 0 bridgehead atoms. The summed E-state index contributed by atoms with van der Waals surface area (Å²) in [6.07, 6.45) is 4.21. The van der Waals surface area contributed by atoms with Crippen LogP contribution in [-0.2, 0) is 0 Å². The van der Waals surface area contributed by atoms with Crippen LogP contribution >= 0.6 is 0 Å². The second-order valence-corrected chi connectivity index (χ2v) is 6.03. The Labute approximate surface area is 132 Å². The van der Waals surface area contributed by atoms with Crippen LogP contribution < -0.4 is 22.2 Å². The first-order chi connectivity index (χ1) is 11.1. The van der Waals surface area contributed by atoms with Crippen molar-refractivity contribution in [1.82, 2.24) is 15.3 Å². The van der Waals surface area contributed by atoms with E-state index in [9.17, 15) is 14.4 Å². The zero-order chi connectivity index (χ0) is 16.4. The summed E-state index contributed by atoms with van der Waals surface area (Å²) in [5.41, 5.74) is 5.72. The number of fused-ring (bicyclic) bond motifs is 1. The van der Waals surface area contributed by atoms with Gasteiger partial charge in [-0.1, -0.05) is 12.8 Å². The Morgan fingerprint density at radius 2 is 1.83 bits per heavy atom. The number of rotatable bonds is 3. The molecule has 1 amide bonds. The number of benzene rings is 1. The smallest absolute Gasteiger partial charge is 0.314 e. The zero-order valence-electron chi connectivity index (χ0n) is 12.7. The molecule has 7 heteroatoms. The van der Waals surface area contributed by atoms with Crippen molar-refractivity contribution in [2.75, 3.05) is 6.54 Å². The summed E-state index contributed by atoms with van der Waals surface area (Å²) in [6, 6.07) is 4.91. The van der Waals surface area contributed by atoms with E-state index in [4.69, 9.17) is 5.73 Å². The van der Waals surface area contributed by atoms with Gasteiger partial charge in [-0.2, -0.15) is 0 Å². The van der Waals surface area contributed by atoms with Crippen molar-refractivity contribution in [1.29, 1.82) is 0 Å². The van der Waals surface area contributed by atoms with Crippen LogP contribution in [0.4, 0.5) is 0 Å². The maximum absolute atomic E-state index is 12.5. The SMILES string of the molecule is NCC1CCCCC1NC(=O)c1ccc2[nH]c(=O)c(=O)[nH]c2c1. The minimum Gasteiger partial charge on any atom is -0.349 e. The van der Waals surface area contributed by atoms with Crippen LogP contribution in [-0.4, -0.2) is 28.5 Å². The Morgan fingerprint density at radius 1 is 1.13 bits per heavy atom. The van der Waals surface area contributed by atoms with Gasteiger partial charge in [0.15, 0.2) is 0 Å². The number of nitrogens with one attached hydrogen (secondary N) is 3. The minimum absolute atomic E-state index is 0.0894. The second kappa shape index (κ2) is 6.37. The van der Waals surface area contributed by atoms with E-state index in [1.165, 1.54) is 0 Å². The molecule has 1 fully saturated rings. The van der Waals surface area contributed by atoms with E-state index in [0.717, 1.165) is 25.7 Å². The topological polar surface area (TPSA) is 121 Å². The van der Waals surface area contributed by atoms with Crippen LogP contribution in [0.3, 0.4) is 0 Å². The lowest BCUT2D eigenvalue weighted by atomic mass is 9.84. The van der Waals surface area contributed by atoms with Gasteiger partial charge in [0, 0.05) is 11.6 Å². The molecule has 122 valence electrons. The Bertz CT molecular complexity index is 839. The fourth-order valence-corrected chi connectivity index (χ4v) is 3.19. The van der Waals surface area contributed by atoms with Crippen molar-refractivity contribution in [3.63, 3.8) is 0 Å². The molecule has 1 aliphatic rings. The summed E-state index contributed by atoms with van der Waals surface area (Å²) in [7, 11) is 0. The number of carbonyl (C=O) groups is 1. The van der Waals surface area contributed by atoms with Gasteiger partial charge in [0.1, 0.15) is 0 Å². The molecule has 23 heavy (non-hydrogen) atoms. The van der Waals surface area contributed by atoms with Gasteiger partial charge in [0.25, 0.3) is 5.91 Å². The van der Waals surface area contributed by atoms with E-state index in [-0.39, 0.29) is 11.9 Å². The lowest BCUT2D eigenvalue weighted by Gasteiger charge is -2.31. The van der Waals surface area contributed by atoms with E-state index in [0.29, 0.717) is 29.1 Å². The molecule has 1 aromatic carbocycles. The number of aromatic nitrogens is 2. The fraction of sp³-hybridized carbons (Fsp3) is 0.438. The van der Waals surface area contributed by atoms with Crippen LogP contribution in [0, 0.1) is 5.92 Å². The van der Waals surface area contributed by atoms with Crippen molar-refractivity contribution >= 4 is 16.9 Å². The summed E-state index contributed by atoms with van der Waals surface area (Å²) in [5, 5.41) is 3.04. The zero-order valence-corrected chi connectivity index (χ0v) is 12.7. The molecule has 1 heterocycles. The van der Waals surface area contributed by atoms with Crippen LogP contribution in [0.15, 0.2) is 27.8 Å². The maximum atomic E-state index is 12.5. The van der Waals surface area contributed by atoms with Gasteiger partial charge in [-0.25, -0.2) is 0 Å². The summed E-state index contributed by atoms with van der Waals surface area (Å²) in [5.74, 6) is 0.119. The molecule has 5 N–H and O–H groups in total. The number of amides is 1. The number of aromatic amines is 2. The highest BCUT2D eigenvalue weighted by molar-refractivity contribution is 5.97. The molecular weight excluding hydrogens is 296 g/mol. The van der Waals surface area contributed by atoms with E-state index in [1.54, 1.807) is 18.2 Å². The third kappa shape index (κ3) is 3.19. The third-order valence-electron chi connectivity index (χ3n) is 4.51. The molecule has 0 saturated heterocycles. The van der Waals surface area contributed by atoms with Gasteiger partial charge in [-0.3, -0.25) is 14.4 Å². The number of carbonyl (C=O) groups excluding carboxylic acids is 1. The molecule has 0 radical (unpaired) electrons.